The number of non-ortho nitro benzene ring substituents is 1. The minimum atomic E-state index is -3.61. The zero-order chi connectivity index (χ0) is 18.1. The second-order valence-electron chi connectivity index (χ2n) is 6.64. The highest BCUT2D eigenvalue weighted by Crippen LogP contribution is 2.28. The van der Waals surface area contributed by atoms with E-state index in [1.807, 2.05) is 6.92 Å². The van der Waals surface area contributed by atoms with E-state index in [2.05, 4.69) is 4.72 Å². The SMILES string of the molecule is Cc1ccc([N+](=O)[O-])cc1-c1ccc(S(=O)(=O)NC(C)(C)C)cc1. The number of nitro benzene ring substituents is 1. The smallest absolute Gasteiger partial charge is 0.258 e. The molecule has 7 heteroatoms. The molecule has 24 heavy (non-hydrogen) atoms. The minimum absolute atomic E-state index is 0.00157. The van der Waals surface area contributed by atoms with E-state index in [1.165, 1.54) is 24.3 Å². The monoisotopic (exact) mass is 348 g/mol. The molecule has 0 saturated heterocycles. The van der Waals surface area contributed by atoms with Crippen LogP contribution >= 0.6 is 0 Å². The molecule has 0 amide bonds. The standard InChI is InChI=1S/C17H20N2O4S/c1-12-5-8-14(19(20)21)11-16(12)13-6-9-15(10-7-13)24(22,23)18-17(2,3)4/h5-11,18H,1-4H3. The molecule has 0 bridgehead atoms. The van der Waals surface area contributed by atoms with Gasteiger partial charge in [-0.2, -0.15) is 0 Å². The largest absolute Gasteiger partial charge is 0.270 e. The maximum absolute atomic E-state index is 12.3. The summed E-state index contributed by atoms with van der Waals surface area (Å²) in [5.74, 6) is 0. The number of nitro groups is 1. The van der Waals surface area contributed by atoms with Gasteiger partial charge in [0, 0.05) is 17.7 Å². The van der Waals surface area contributed by atoms with Gasteiger partial charge in [0.05, 0.1) is 9.82 Å². The summed E-state index contributed by atoms with van der Waals surface area (Å²) in [7, 11) is -3.61. The molecule has 0 unspecified atom stereocenters. The van der Waals surface area contributed by atoms with Gasteiger partial charge in [-0.25, -0.2) is 13.1 Å². The van der Waals surface area contributed by atoms with Crippen molar-refractivity contribution in [3.05, 3.63) is 58.1 Å². The molecule has 1 N–H and O–H groups in total. The average molecular weight is 348 g/mol. The number of sulfonamides is 1. The van der Waals surface area contributed by atoms with E-state index in [0.29, 0.717) is 5.56 Å². The first kappa shape index (κ1) is 18.1. The normalized spacial score (nSPS) is 12.2. The van der Waals surface area contributed by atoms with Gasteiger partial charge in [0.1, 0.15) is 0 Å². The Labute approximate surface area is 141 Å². The summed E-state index contributed by atoms with van der Waals surface area (Å²) in [6.07, 6.45) is 0. The van der Waals surface area contributed by atoms with Gasteiger partial charge in [-0.3, -0.25) is 10.1 Å². The fourth-order valence-electron chi connectivity index (χ4n) is 2.31. The Hall–Kier alpha value is -2.25. The first-order valence-corrected chi connectivity index (χ1v) is 8.87. The lowest BCUT2D eigenvalue weighted by atomic mass is 10.00. The van der Waals surface area contributed by atoms with Gasteiger partial charge in [0.2, 0.25) is 10.0 Å². The molecule has 128 valence electrons. The zero-order valence-corrected chi connectivity index (χ0v) is 14.8. The topological polar surface area (TPSA) is 89.3 Å². The fraction of sp³-hybridized carbons (Fsp3) is 0.294. The summed E-state index contributed by atoms with van der Waals surface area (Å²) in [5.41, 5.74) is 1.74. The van der Waals surface area contributed by atoms with E-state index >= 15 is 0 Å². The lowest BCUT2D eigenvalue weighted by molar-refractivity contribution is -0.384. The van der Waals surface area contributed by atoms with Crippen LogP contribution in [-0.4, -0.2) is 18.9 Å². The molecule has 0 spiro atoms. The van der Waals surface area contributed by atoms with E-state index in [0.717, 1.165) is 11.1 Å². The predicted octanol–water partition coefficient (Wildman–Crippen LogP) is 3.65. The van der Waals surface area contributed by atoms with Gasteiger partial charge in [-0.15, -0.1) is 0 Å². The van der Waals surface area contributed by atoms with E-state index in [1.54, 1.807) is 39.0 Å². The quantitative estimate of drug-likeness (QED) is 0.674. The average Bonchev–Trinajstić information content (AvgIpc) is 2.45. The predicted molar refractivity (Wildman–Crippen MR) is 93.3 cm³/mol. The van der Waals surface area contributed by atoms with Crippen LogP contribution in [0.3, 0.4) is 0 Å². The third-order valence-corrected chi connectivity index (χ3v) is 5.12. The molecule has 0 saturated carbocycles. The third-order valence-electron chi connectivity index (χ3n) is 3.35. The molecule has 2 aromatic carbocycles. The van der Waals surface area contributed by atoms with E-state index in [9.17, 15) is 18.5 Å². The third kappa shape index (κ3) is 4.18. The molecular formula is C17H20N2O4S. The molecule has 0 aliphatic carbocycles. The van der Waals surface area contributed by atoms with Crippen molar-refractivity contribution in [1.29, 1.82) is 0 Å². The van der Waals surface area contributed by atoms with Crippen LogP contribution in [0.1, 0.15) is 26.3 Å². The van der Waals surface area contributed by atoms with Crippen LogP contribution in [0.2, 0.25) is 0 Å². The van der Waals surface area contributed by atoms with Crippen molar-refractivity contribution >= 4 is 15.7 Å². The first-order valence-electron chi connectivity index (χ1n) is 7.39. The molecule has 2 rings (SSSR count). The number of nitrogens with one attached hydrogen (secondary N) is 1. The number of nitrogens with zero attached hydrogens (tertiary/aromatic N) is 1. The Kier molecular flexibility index (Phi) is 4.77. The van der Waals surface area contributed by atoms with Crippen LogP contribution in [-0.2, 0) is 10.0 Å². The summed E-state index contributed by atoms with van der Waals surface area (Å²) in [4.78, 5) is 10.6. The van der Waals surface area contributed by atoms with E-state index < -0.39 is 20.5 Å². The number of hydrogen-bond acceptors (Lipinski definition) is 4. The zero-order valence-electron chi connectivity index (χ0n) is 14.0. The van der Waals surface area contributed by atoms with Crippen LogP contribution in [0, 0.1) is 17.0 Å². The van der Waals surface area contributed by atoms with Gasteiger partial charge in [-0.1, -0.05) is 18.2 Å². The lowest BCUT2D eigenvalue weighted by Crippen LogP contribution is -2.40. The molecule has 0 radical (unpaired) electrons. The van der Waals surface area contributed by atoms with Gasteiger partial charge in [0.25, 0.3) is 5.69 Å². The lowest BCUT2D eigenvalue weighted by Gasteiger charge is -2.20. The molecule has 0 aromatic heterocycles. The number of hydrogen-bond donors (Lipinski definition) is 1. The molecule has 6 nitrogen and oxygen atoms in total. The highest BCUT2D eigenvalue weighted by molar-refractivity contribution is 7.89. The fourth-order valence-corrected chi connectivity index (χ4v) is 3.73. The van der Waals surface area contributed by atoms with Gasteiger partial charge in [-0.05, 0) is 56.5 Å². The Balaban J connectivity index is 2.40. The van der Waals surface area contributed by atoms with Crippen molar-refractivity contribution in [3.63, 3.8) is 0 Å². The maximum Gasteiger partial charge on any atom is 0.270 e. The molecule has 0 fully saturated rings. The molecule has 0 aliphatic rings. The van der Waals surface area contributed by atoms with Crippen LogP contribution in [0.4, 0.5) is 5.69 Å². The summed E-state index contributed by atoms with van der Waals surface area (Å²) in [6.45, 7) is 7.16. The molecule has 0 heterocycles. The Morgan fingerprint density at radius 2 is 1.62 bits per heavy atom. The molecule has 0 atom stereocenters. The van der Waals surface area contributed by atoms with Crippen molar-refractivity contribution in [3.8, 4) is 11.1 Å². The second kappa shape index (κ2) is 6.33. The Morgan fingerprint density at radius 1 is 1.04 bits per heavy atom. The minimum Gasteiger partial charge on any atom is -0.258 e. The van der Waals surface area contributed by atoms with Crippen molar-refractivity contribution in [2.24, 2.45) is 0 Å². The second-order valence-corrected chi connectivity index (χ2v) is 8.32. The van der Waals surface area contributed by atoms with Gasteiger partial charge < -0.3 is 0 Å². The maximum atomic E-state index is 12.3. The Bertz CT molecular complexity index is 866. The number of benzene rings is 2. The van der Waals surface area contributed by atoms with Crippen molar-refractivity contribution < 1.29 is 13.3 Å². The number of aryl methyl sites for hydroxylation is 1. The van der Waals surface area contributed by atoms with Crippen LogP contribution in [0.25, 0.3) is 11.1 Å². The van der Waals surface area contributed by atoms with Crippen molar-refractivity contribution in [2.45, 2.75) is 38.1 Å². The first-order chi connectivity index (χ1) is 11.0. The van der Waals surface area contributed by atoms with Crippen molar-refractivity contribution in [1.82, 2.24) is 4.72 Å². The highest BCUT2D eigenvalue weighted by atomic mass is 32.2. The summed E-state index contributed by atoms with van der Waals surface area (Å²) in [5, 5.41) is 10.9. The summed E-state index contributed by atoms with van der Waals surface area (Å²) < 4.78 is 27.2. The summed E-state index contributed by atoms with van der Waals surface area (Å²) >= 11 is 0. The van der Waals surface area contributed by atoms with E-state index in [-0.39, 0.29) is 10.6 Å². The van der Waals surface area contributed by atoms with Gasteiger partial charge >= 0.3 is 0 Å². The number of rotatable bonds is 4. The molecular weight excluding hydrogens is 328 g/mol. The highest BCUT2D eigenvalue weighted by Gasteiger charge is 2.22. The van der Waals surface area contributed by atoms with Gasteiger partial charge in [0.15, 0.2) is 0 Å². The Morgan fingerprint density at radius 3 is 2.12 bits per heavy atom. The van der Waals surface area contributed by atoms with Crippen LogP contribution < -0.4 is 4.72 Å². The van der Waals surface area contributed by atoms with E-state index in [4.69, 9.17) is 0 Å². The molecule has 0 aliphatic heterocycles. The van der Waals surface area contributed by atoms with Crippen LogP contribution in [0.15, 0.2) is 47.4 Å². The molecule has 2 aromatic rings. The summed E-state index contributed by atoms with van der Waals surface area (Å²) in [6, 6.07) is 10.9. The van der Waals surface area contributed by atoms with Crippen LogP contribution in [0.5, 0.6) is 0 Å². The van der Waals surface area contributed by atoms with Crippen molar-refractivity contribution in [2.75, 3.05) is 0 Å².